The molecule has 0 fully saturated rings. The lowest BCUT2D eigenvalue weighted by Gasteiger charge is -2.14. The lowest BCUT2D eigenvalue weighted by Crippen LogP contribution is -2.35. The van der Waals surface area contributed by atoms with Crippen LogP contribution in [0.1, 0.15) is 10.4 Å². The molecule has 0 aromatic heterocycles. The van der Waals surface area contributed by atoms with Crippen molar-refractivity contribution < 1.29 is 23.1 Å². The van der Waals surface area contributed by atoms with Crippen molar-refractivity contribution in [3.63, 3.8) is 0 Å². The van der Waals surface area contributed by atoms with Gasteiger partial charge in [-0.2, -0.15) is 4.72 Å². The number of nitrogens with one attached hydrogen (secondary N) is 2. The fraction of sp³-hybridized carbons (Fsp3) is 0.211. The second-order valence-corrected chi connectivity index (χ2v) is 8.34. The van der Waals surface area contributed by atoms with E-state index in [2.05, 4.69) is 16.0 Å². The summed E-state index contributed by atoms with van der Waals surface area (Å²) in [5, 5.41) is 13.1. The maximum Gasteiger partial charge on any atom is 0.251 e. The standard InChI is InChI=1S/C19H18Cl2N2O5S/c1-2-9-23-29(26,27)15-6-3-5-13(10-15)19(25)22-11-14(24)12-28-17-8-4-7-16(20)18(17)21/h1,3-8,10,14,23-24H,9,11-12H2,(H,22,25). The Labute approximate surface area is 179 Å². The molecule has 1 unspecified atom stereocenters. The quantitative estimate of drug-likeness (QED) is 0.501. The predicted octanol–water partition coefficient (Wildman–Crippen LogP) is 2.07. The summed E-state index contributed by atoms with van der Waals surface area (Å²) in [6.07, 6.45) is 4.02. The third-order valence-corrected chi connectivity index (χ3v) is 5.82. The van der Waals surface area contributed by atoms with Crippen LogP contribution in [0.3, 0.4) is 0 Å². The molecular weight excluding hydrogens is 439 g/mol. The highest BCUT2D eigenvalue weighted by atomic mass is 35.5. The van der Waals surface area contributed by atoms with Crippen LogP contribution in [0, 0.1) is 12.3 Å². The zero-order valence-corrected chi connectivity index (χ0v) is 17.4. The number of carbonyl (C=O) groups excluding carboxylic acids is 1. The Bertz CT molecular complexity index is 1020. The number of aliphatic hydroxyl groups is 1. The second-order valence-electron chi connectivity index (χ2n) is 5.78. The number of sulfonamides is 1. The van der Waals surface area contributed by atoms with Gasteiger partial charge in [0, 0.05) is 12.1 Å². The van der Waals surface area contributed by atoms with E-state index in [0.717, 1.165) is 0 Å². The number of hydrogen-bond donors (Lipinski definition) is 3. The molecule has 0 aliphatic carbocycles. The van der Waals surface area contributed by atoms with E-state index in [0.29, 0.717) is 10.8 Å². The SMILES string of the molecule is C#CCNS(=O)(=O)c1cccc(C(=O)NCC(O)COc2cccc(Cl)c2Cl)c1. The Balaban J connectivity index is 1.92. The van der Waals surface area contributed by atoms with E-state index >= 15 is 0 Å². The number of terminal acetylenes is 1. The van der Waals surface area contributed by atoms with Crippen LogP contribution in [-0.2, 0) is 10.0 Å². The predicted molar refractivity (Wildman–Crippen MR) is 111 cm³/mol. The number of benzene rings is 2. The molecule has 1 atom stereocenters. The van der Waals surface area contributed by atoms with Crippen LogP contribution in [0.5, 0.6) is 5.75 Å². The fourth-order valence-electron chi connectivity index (χ4n) is 2.18. The van der Waals surface area contributed by atoms with E-state index in [4.69, 9.17) is 34.4 Å². The molecular formula is C19H18Cl2N2O5S. The van der Waals surface area contributed by atoms with Crippen molar-refractivity contribution >= 4 is 39.1 Å². The molecule has 0 aliphatic heterocycles. The molecule has 0 heterocycles. The van der Waals surface area contributed by atoms with Crippen molar-refractivity contribution in [1.29, 1.82) is 0 Å². The first kappa shape index (κ1) is 23.0. The van der Waals surface area contributed by atoms with Crippen LogP contribution in [0.4, 0.5) is 0 Å². The Morgan fingerprint density at radius 3 is 2.69 bits per heavy atom. The maximum atomic E-state index is 12.3. The smallest absolute Gasteiger partial charge is 0.251 e. The number of rotatable bonds is 9. The zero-order valence-electron chi connectivity index (χ0n) is 15.1. The largest absolute Gasteiger partial charge is 0.489 e. The monoisotopic (exact) mass is 456 g/mol. The highest BCUT2D eigenvalue weighted by molar-refractivity contribution is 7.89. The summed E-state index contributed by atoms with van der Waals surface area (Å²) in [5.74, 6) is 1.92. The van der Waals surface area contributed by atoms with Crippen LogP contribution in [0.15, 0.2) is 47.4 Å². The van der Waals surface area contributed by atoms with Crippen LogP contribution < -0.4 is 14.8 Å². The third kappa shape index (κ3) is 6.63. The minimum atomic E-state index is -3.82. The van der Waals surface area contributed by atoms with E-state index in [-0.39, 0.29) is 35.2 Å². The van der Waals surface area contributed by atoms with Crippen molar-refractivity contribution in [2.24, 2.45) is 0 Å². The minimum absolute atomic E-state index is 0.0973. The van der Waals surface area contributed by atoms with Gasteiger partial charge in [0.1, 0.15) is 23.5 Å². The molecule has 29 heavy (non-hydrogen) atoms. The summed E-state index contributed by atoms with van der Waals surface area (Å²) in [6.45, 7) is -0.421. The van der Waals surface area contributed by atoms with Gasteiger partial charge in [-0.25, -0.2) is 8.42 Å². The summed E-state index contributed by atoms with van der Waals surface area (Å²) in [7, 11) is -3.82. The first-order valence-corrected chi connectivity index (χ1v) is 10.5. The summed E-state index contributed by atoms with van der Waals surface area (Å²) in [4.78, 5) is 12.2. The Kier molecular flexibility index (Phi) is 8.32. The average Bonchev–Trinajstić information content (AvgIpc) is 2.71. The van der Waals surface area contributed by atoms with Gasteiger partial charge in [-0.3, -0.25) is 4.79 Å². The number of hydrogen-bond acceptors (Lipinski definition) is 5. The Hall–Kier alpha value is -2.28. The molecule has 154 valence electrons. The molecule has 0 saturated carbocycles. The first-order chi connectivity index (χ1) is 13.7. The molecule has 10 heteroatoms. The van der Waals surface area contributed by atoms with Crippen molar-refractivity contribution in [2.75, 3.05) is 19.7 Å². The van der Waals surface area contributed by atoms with Gasteiger partial charge in [0.2, 0.25) is 10.0 Å². The normalized spacial score (nSPS) is 12.1. The maximum absolute atomic E-state index is 12.3. The highest BCUT2D eigenvalue weighted by Gasteiger charge is 2.16. The van der Waals surface area contributed by atoms with Gasteiger partial charge in [0.25, 0.3) is 5.91 Å². The van der Waals surface area contributed by atoms with Crippen molar-refractivity contribution in [3.8, 4) is 18.1 Å². The Morgan fingerprint density at radius 2 is 1.97 bits per heavy atom. The van der Waals surface area contributed by atoms with Crippen LogP contribution >= 0.6 is 23.2 Å². The lowest BCUT2D eigenvalue weighted by molar-refractivity contribution is 0.0843. The zero-order chi connectivity index (χ0) is 21.4. The van der Waals surface area contributed by atoms with Crippen molar-refractivity contribution in [2.45, 2.75) is 11.0 Å². The molecule has 0 aliphatic rings. The van der Waals surface area contributed by atoms with Gasteiger partial charge in [0.05, 0.1) is 16.5 Å². The summed E-state index contributed by atoms with van der Waals surface area (Å²) in [5.41, 5.74) is 0.111. The van der Waals surface area contributed by atoms with Crippen molar-refractivity contribution in [1.82, 2.24) is 10.0 Å². The second kappa shape index (κ2) is 10.5. The molecule has 2 aromatic carbocycles. The number of amides is 1. The number of ether oxygens (including phenoxy) is 1. The highest BCUT2D eigenvalue weighted by Crippen LogP contribution is 2.31. The molecule has 2 rings (SSSR count). The van der Waals surface area contributed by atoms with Crippen molar-refractivity contribution in [3.05, 3.63) is 58.1 Å². The van der Waals surface area contributed by atoms with Crippen LogP contribution in [0.2, 0.25) is 10.0 Å². The average molecular weight is 457 g/mol. The lowest BCUT2D eigenvalue weighted by atomic mass is 10.2. The minimum Gasteiger partial charge on any atom is -0.489 e. The number of halogens is 2. The van der Waals surface area contributed by atoms with Crippen LogP contribution in [0.25, 0.3) is 0 Å². The van der Waals surface area contributed by atoms with Gasteiger partial charge in [-0.05, 0) is 30.3 Å². The number of aliphatic hydroxyl groups excluding tert-OH is 1. The molecule has 2 aromatic rings. The van der Waals surface area contributed by atoms with Gasteiger partial charge >= 0.3 is 0 Å². The topological polar surface area (TPSA) is 105 Å². The molecule has 0 bridgehead atoms. The Morgan fingerprint density at radius 1 is 1.24 bits per heavy atom. The van der Waals surface area contributed by atoms with E-state index in [1.54, 1.807) is 18.2 Å². The van der Waals surface area contributed by atoms with Gasteiger partial charge in [-0.15, -0.1) is 6.42 Å². The molecule has 3 N–H and O–H groups in total. The van der Waals surface area contributed by atoms with E-state index in [9.17, 15) is 18.3 Å². The summed E-state index contributed by atoms with van der Waals surface area (Å²) in [6, 6.07) is 10.3. The molecule has 7 nitrogen and oxygen atoms in total. The summed E-state index contributed by atoms with van der Waals surface area (Å²) < 4.78 is 31.8. The fourth-order valence-corrected chi connectivity index (χ4v) is 3.50. The molecule has 1 amide bonds. The van der Waals surface area contributed by atoms with Gasteiger partial charge in [-0.1, -0.05) is 41.3 Å². The van der Waals surface area contributed by atoms with E-state index in [1.807, 2.05) is 0 Å². The van der Waals surface area contributed by atoms with Gasteiger partial charge < -0.3 is 15.2 Å². The summed E-state index contributed by atoms with van der Waals surface area (Å²) >= 11 is 11.9. The molecule has 0 radical (unpaired) electrons. The van der Waals surface area contributed by atoms with E-state index < -0.39 is 22.0 Å². The molecule has 0 saturated heterocycles. The first-order valence-electron chi connectivity index (χ1n) is 8.31. The third-order valence-electron chi connectivity index (χ3n) is 3.62. The van der Waals surface area contributed by atoms with Gasteiger partial charge in [0.15, 0.2) is 0 Å². The number of carbonyl (C=O) groups is 1. The molecule has 0 spiro atoms. The van der Waals surface area contributed by atoms with E-state index in [1.165, 1.54) is 24.3 Å². The van der Waals surface area contributed by atoms with Crippen LogP contribution in [-0.4, -0.2) is 45.2 Å².